The second-order valence-electron chi connectivity index (χ2n) is 6.77. The predicted octanol–water partition coefficient (Wildman–Crippen LogP) is 2.66. The van der Waals surface area contributed by atoms with Gasteiger partial charge in [-0.3, -0.25) is 9.48 Å². The first kappa shape index (κ1) is 16.7. The van der Waals surface area contributed by atoms with Crippen LogP contribution in [0.5, 0.6) is 5.75 Å². The molecule has 4 rings (SSSR count). The number of nitrogens with zero attached hydrogens (tertiary/aromatic N) is 2. The van der Waals surface area contributed by atoms with Gasteiger partial charge in [0.1, 0.15) is 11.3 Å². The number of nitrogens with two attached hydrogens (primary N) is 1. The van der Waals surface area contributed by atoms with Gasteiger partial charge in [0.2, 0.25) is 0 Å². The molecule has 0 bridgehead atoms. The molecule has 1 aromatic carbocycles. The first-order valence-corrected chi connectivity index (χ1v) is 8.93. The van der Waals surface area contributed by atoms with Crippen LogP contribution < -0.4 is 15.7 Å². The Hall–Kier alpha value is -2.74. The zero-order chi connectivity index (χ0) is 18.1. The smallest absolute Gasteiger partial charge is 0.532 e. The highest BCUT2D eigenvalue weighted by Crippen LogP contribution is 2.32. The number of fused-ring (bicyclic) bond motifs is 1. The molecule has 1 fully saturated rings. The van der Waals surface area contributed by atoms with Gasteiger partial charge in [0.05, 0.1) is 6.04 Å². The van der Waals surface area contributed by atoms with Gasteiger partial charge >= 0.3 is 7.12 Å². The maximum absolute atomic E-state index is 11.8. The highest BCUT2D eigenvalue weighted by molar-refractivity contribution is 6.51. The first-order chi connectivity index (χ1) is 12.6. The Morgan fingerprint density at radius 1 is 1.35 bits per heavy atom. The molecule has 8 heteroatoms. The number of nitrogens with one attached hydrogen (secondary N) is 1. The van der Waals surface area contributed by atoms with Crippen LogP contribution >= 0.6 is 0 Å². The highest BCUT2D eigenvalue weighted by Gasteiger charge is 2.22. The summed E-state index contributed by atoms with van der Waals surface area (Å²) in [6.07, 6.45) is 9.31. The van der Waals surface area contributed by atoms with Crippen LogP contribution in [0.2, 0.25) is 0 Å². The quantitative estimate of drug-likeness (QED) is 0.734. The number of rotatable bonds is 4. The van der Waals surface area contributed by atoms with E-state index in [1.54, 1.807) is 24.3 Å². The van der Waals surface area contributed by atoms with E-state index in [1.165, 1.54) is 19.3 Å². The van der Waals surface area contributed by atoms with Crippen molar-refractivity contribution >= 4 is 30.6 Å². The second kappa shape index (κ2) is 6.88. The summed E-state index contributed by atoms with van der Waals surface area (Å²) in [5, 5.41) is 17.3. The van der Waals surface area contributed by atoms with E-state index in [1.807, 2.05) is 16.8 Å². The minimum Gasteiger partial charge on any atom is -0.532 e. The van der Waals surface area contributed by atoms with Crippen molar-refractivity contribution in [2.24, 2.45) is 5.73 Å². The number of carbonyl (C=O) groups is 1. The van der Waals surface area contributed by atoms with E-state index in [4.69, 9.17) is 10.4 Å². The number of hydrogen-bond acceptors (Lipinski definition) is 5. The van der Waals surface area contributed by atoms with Gasteiger partial charge < -0.3 is 20.7 Å². The van der Waals surface area contributed by atoms with E-state index >= 15 is 0 Å². The van der Waals surface area contributed by atoms with Crippen molar-refractivity contribution in [2.45, 2.75) is 38.1 Å². The van der Waals surface area contributed by atoms with Crippen LogP contribution in [0.3, 0.4) is 0 Å². The SMILES string of the molecule is NC(=O)c1cn(C2CCCCC2)nc1Nc1ccc2c(c1)C=CB(O)O2. The normalized spacial score (nSPS) is 16.9. The summed E-state index contributed by atoms with van der Waals surface area (Å²) in [6.45, 7) is 0. The zero-order valence-electron chi connectivity index (χ0n) is 14.4. The molecule has 1 aliphatic carbocycles. The average molecular weight is 352 g/mol. The Kier molecular flexibility index (Phi) is 4.42. The number of anilines is 2. The standard InChI is InChI=1S/C18H21BN4O3/c20-17(24)15-11-23(14-4-2-1-3-5-14)22-18(15)21-13-6-7-16-12(10-13)8-9-19(25)26-16/h6-11,14,25H,1-5H2,(H2,20,24)(H,21,22). The fraction of sp³-hybridized carbons (Fsp3) is 0.333. The molecule has 4 N–H and O–H groups in total. The van der Waals surface area contributed by atoms with Crippen molar-refractivity contribution in [2.75, 3.05) is 5.32 Å². The topological polar surface area (TPSA) is 102 Å². The van der Waals surface area contributed by atoms with Crippen LogP contribution in [0.25, 0.3) is 6.08 Å². The lowest BCUT2D eigenvalue weighted by Crippen LogP contribution is -2.21. The van der Waals surface area contributed by atoms with Crippen molar-refractivity contribution in [3.8, 4) is 5.75 Å². The molecule has 134 valence electrons. The van der Waals surface area contributed by atoms with Crippen molar-refractivity contribution in [1.29, 1.82) is 0 Å². The number of aromatic nitrogens is 2. The maximum atomic E-state index is 11.8. The summed E-state index contributed by atoms with van der Waals surface area (Å²) in [5.41, 5.74) is 7.54. The summed E-state index contributed by atoms with van der Waals surface area (Å²) in [6, 6.07) is 5.78. The van der Waals surface area contributed by atoms with Crippen LogP contribution in [0.1, 0.15) is 54.1 Å². The monoisotopic (exact) mass is 352 g/mol. The molecule has 0 atom stereocenters. The molecular weight excluding hydrogens is 331 g/mol. The lowest BCUT2D eigenvalue weighted by molar-refractivity contribution is 0.100. The van der Waals surface area contributed by atoms with Crippen LogP contribution in [0.4, 0.5) is 11.5 Å². The molecule has 1 aromatic heterocycles. The molecular formula is C18H21BN4O3. The van der Waals surface area contributed by atoms with Gasteiger partial charge in [-0.1, -0.05) is 25.3 Å². The number of benzene rings is 1. The van der Waals surface area contributed by atoms with Gasteiger partial charge in [-0.25, -0.2) is 0 Å². The molecule has 0 radical (unpaired) electrons. The predicted molar refractivity (Wildman–Crippen MR) is 100 cm³/mol. The third-order valence-electron chi connectivity index (χ3n) is 4.91. The molecule has 2 aromatic rings. The minimum absolute atomic E-state index is 0.318. The summed E-state index contributed by atoms with van der Waals surface area (Å²) >= 11 is 0. The van der Waals surface area contributed by atoms with Crippen LogP contribution in [-0.4, -0.2) is 27.8 Å². The second-order valence-corrected chi connectivity index (χ2v) is 6.77. The summed E-state index contributed by atoms with van der Waals surface area (Å²) < 4.78 is 7.20. The summed E-state index contributed by atoms with van der Waals surface area (Å²) in [5.74, 6) is 2.13. The molecule has 2 heterocycles. The maximum Gasteiger partial charge on any atom is 0.552 e. The molecule has 1 saturated carbocycles. The molecule has 0 spiro atoms. The van der Waals surface area contributed by atoms with E-state index in [9.17, 15) is 9.82 Å². The van der Waals surface area contributed by atoms with E-state index in [2.05, 4.69) is 10.4 Å². The third-order valence-corrected chi connectivity index (χ3v) is 4.91. The number of primary amides is 1. The van der Waals surface area contributed by atoms with Gasteiger partial charge in [-0.2, -0.15) is 5.10 Å². The van der Waals surface area contributed by atoms with Crippen LogP contribution in [-0.2, 0) is 0 Å². The largest absolute Gasteiger partial charge is 0.552 e. The van der Waals surface area contributed by atoms with Crippen LogP contribution in [0, 0.1) is 0 Å². The lowest BCUT2D eigenvalue weighted by atomic mass is 9.86. The van der Waals surface area contributed by atoms with Gasteiger partial charge in [-0.05, 0) is 37.0 Å². The minimum atomic E-state index is -0.922. The zero-order valence-corrected chi connectivity index (χ0v) is 14.4. The van der Waals surface area contributed by atoms with Crippen molar-refractivity contribution in [3.05, 3.63) is 41.5 Å². The van der Waals surface area contributed by atoms with Gasteiger partial charge in [0, 0.05) is 17.4 Å². The molecule has 2 aliphatic rings. The van der Waals surface area contributed by atoms with E-state index in [-0.39, 0.29) is 0 Å². The number of hydrogen-bond donors (Lipinski definition) is 3. The molecule has 1 amide bonds. The molecule has 7 nitrogen and oxygen atoms in total. The molecule has 26 heavy (non-hydrogen) atoms. The average Bonchev–Trinajstić information content (AvgIpc) is 3.07. The summed E-state index contributed by atoms with van der Waals surface area (Å²) in [4.78, 5) is 11.8. The van der Waals surface area contributed by atoms with Crippen LogP contribution in [0.15, 0.2) is 30.4 Å². The van der Waals surface area contributed by atoms with Gasteiger partial charge in [-0.15, -0.1) is 0 Å². The van der Waals surface area contributed by atoms with E-state index < -0.39 is 13.0 Å². The Morgan fingerprint density at radius 3 is 2.92 bits per heavy atom. The molecule has 0 unspecified atom stereocenters. The van der Waals surface area contributed by atoms with E-state index in [0.29, 0.717) is 23.2 Å². The van der Waals surface area contributed by atoms with Gasteiger partial charge in [0.25, 0.3) is 5.91 Å². The van der Waals surface area contributed by atoms with Crippen molar-refractivity contribution in [1.82, 2.24) is 9.78 Å². The van der Waals surface area contributed by atoms with E-state index in [0.717, 1.165) is 24.1 Å². The summed E-state index contributed by atoms with van der Waals surface area (Å²) in [7, 11) is -0.922. The van der Waals surface area contributed by atoms with Gasteiger partial charge in [0.15, 0.2) is 5.82 Å². The number of carbonyl (C=O) groups excluding carboxylic acids is 1. The van der Waals surface area contributed by atoms with Crippen molar-refractivity contribution in [3.63, 3.8) is 0 Å². The Balaban J connectivity index is 1.61. The Bertz CT molecular complexity index is 858. The first-order valence-electron chi connectivity index (χ1n) is 8.93. The fourth-order valence-corrected chi connectivity index (χ4v) is 3.55. The fourth-order valence-electron chi connectivity index (χ4n) is 3.55. The third kappa shape index (κ3) is 3.32. The molecule has 1 aliphatic heterocycles. The van der Waals surface area contributed by atoms with Crippen molar-refractivity contribution < 1.29 is 14.5 Å². The highest BCUT2D eigenvalue weighted by atomic mass is 16.5. The molecule has 0 saturated heterocycles. The number of amides is 1. The Morgan fingerprint density at radius 2 is 2.15 bits per heavy atom. The lowest BCUT2D eigenvalue weighted by Gasteiger charge is -2.21. The Labute approximate surface area is 152 Å².